The standard InChI is InChI=1S/C52H70N10O13/c53-49(72)40(29-36-9-3-1-4-10-36)56-50(73)41(30-37-11-5-2-6-12-37)57-51(74)43-13-8-20-62(43)52(75)42(31-38-15-17-39(63)18-16-38)55-44(64)14-7-19-54-45(65)32-58-21-23-59(33-46(66)67)25-27-61(35-48(70)71)28-26-60(24-22-58)34-47(68)69/h1-6,9-12,15-18,40-43,63H,7-8,13-14,19-35H2,(H2,53,72)(H,54,65)(H,55,64)(H,56,73)(H,57,74)(H,66,67)(H,68,69)(H,70,71)/t40-,41-,42-,43-/m0/s1. The Balaban J connectivity index is 1.21. The van der Waals surface area contributed by atoms with Crippen LogP contribution >= 0.6 is 0 Å². The summed E-state index contributed by atoms with van der Waals surface area (Å²) in [5.41, 5.74) is 7.81. The highest BCUT2D eigenvalue weighted by Gasteiger charge is 2.39. The number of phenols is 1. The number of carboxylic acids is 3. The monoisotopic (exact) mass is 1040 g/mol. The molecule has 0 bridgehead atoms. The Labute approximate surface area is 435 Å². The largest absolute Gasteiger partial charge is 0.508 e. The van der Waals surface area contributed by atoms with Crippen LogP contribution in [0.3, 0.4) is 0 Å². The second kappa shape index (κ2) is 30.0. The summed E-state index contributed by atoms with van der Waals surface area (Å²) in [6.45, 7) is 1.07. The third-order valence-electron chi connectivity index (χ3n) is 13.0. The van der Waals surface area contributed by atoms with Crippen molar-refractivity contribution in [3.05, 3.63) is 102 Å². The van der Waals surface area contributed by atoms with E-state index in [2.05, 4.69) is 21.3 Å². The molecular weight excluding hydrogens is 973 g/mol. The lowest BCUT2D eigenvalue weighted by Crippen LogP contribution is -2.58. The van der Waals surface area contributed by atoms with Crippen LogP contribution < -0.4 is 27.0 Å². The summed E-state index contributed by atoms with van der Waals surface area (Å²) in [5.74, 6) is -6.68. The van der Waals surface area contributed by atoms with Gasteiger partial charge >= 0.3 is 17.9 Å². The average Bonchev–Trinajstić information content (AvgIpc) is 3.87. The summed E-state index contributed by atoms with van der Waals surface area (Å²) in [7, 11) is 0. The molecule has 3 aromatic carbocycles. The lowest BCUT2D eigenvalue weighted by molar-refractivity contribution is -0.142. The van der Waals surface area contributed by atoms with Crippen molar-refractivity contribution in [1.82, 2.24) is 45.8 Å². The van der Waals surface area contributed by atoms with Gasteiger partial charge in [-0.1, -0.05) is 72.8 Å². The van der Waals surface area contributed by atoms with Crippen LogP contribution in [0.25, 0.3) is 0 Å². The molecule has 5 rings (SSSR count). The number of rotatable bonds is 25. The van der Waals surface area contributed by atoms with E-state index in [0.717, 1.165) is 11.1 Å². The predicted molar refractivity (Wildman–Crippen MR) is 273 cm³/mol. The van der Waals surface area contributed by atoms with Gasteiger partial charge < -0.3 is 52.3 Å². The average molecular weight is 1040 g/mol. The number of aliphatic carboxylic acids is 3. The molecule has 23 heteroatoms. The first-order chi connectivity index (χ1) is 35.9. The molecular formula is C52H70N10O13. The summed E-state index contributed by atoms with van der Waals surface area (Å²) in [5, 5.41) is 49.6. The minimum Gasteiger partial charge on any atom is -0.508 e. The Morgan fingerprint density at radius 3 is 1.47 bits per heavy atom. The number of hydrogen-bond donors (Lipinski definition) is 9. The van der Waals surface area contributed by atoms with Crippen LogP contribution in [-0.2, 0) is 62.4 Å². The Hall–Kier alpha value is -7.47. The summed E-state index contributed by atoms with van der Waals surface area (Å²) >= 11 is 0. The molecule has 2 aliphatic rings. The zero-order chi connectivity index (χ0) is 54.3. The fourth-order valence-electron chi connectivity index (χ4n) is 9.03. The predicted octanol–water partition coefficient (Wildman–Crippen LogP) is -1.28. The lowest BCUT2D eigenvalue weighted by Gasteiger charge is -2.32. The van der Waals surface area contributed by atoms with Gasteiger partial charge in [-0.3, -0.25) is 62.8 Å². The van der Waals surface area contributed by atoms with Crippen LogP contribution in [0.15, 0.2) is 84.9 Å². The Bertz CT molecular complexity index is 2370. The number of nitrogens with two attached hydrogens (primary N) is 1. The number of amides is 6. The number of phenolic OH excluding ortho intramolecular Hbond substituents is 1. The van der Waals surface area contributed by atoms with Crippen LogP contribution in [0.4, 0.5) is 0 Å². The van der Waals surface area contributed by atoms with E-state index in [-0.39, 0.29) is 136 Å². The van der Waals surface area contributed by atoms with Crippen molar-refractivity contribution in [3.8, 4) is 5.75 Å². The van der Waals surface area contributed by atoms with Crippen molar-refractivity contribution >= 4 is 53.4 Å². The maximum absolute atomic E-state index is 14.5. The highest BCUT2D eigenvalue weighted by Crippen LogP contribution is 2.21. The molecule has 2 aliphatic heterocycles. The number of carbonyl (C=O) groups excluding carboxylic acids is 6. The molecule has 0 saturated carbocycles. The number of hydrogen-bond acceptors (Lipinski definition) is 14. The van der Waals surface area contributed by atoms with Gasteiger partial charge in [0.15, 0.2) is 0 Å². The first-order valence-electron chi connectivity index (χ1n) is 25.1. The normalized spacial score (nSPS) is 17.5. The van der Waals surface area contributed by atoms with E-state index in [1.165, 1.54) is 17.0 Å². The quantitative estimate of drug-likeness (QED) is 0.0447. The number of likely N-dealkylation sites (tertiary alicyclic amines) is 1. The smallest absolute Gasteiger partial charge is 0.317 e. The fraction of sp³-hybridized carbons (Fsp3) is 0.481. The molecule has 0 radical (unpaired) electrons. The second-order valence-corrected chi connectivity index (χ2v) is 18.8. The van der Waals surface area contributed by atoms with Crippen molar-refractivity contribution in [1.29, 1.82) is 0 Å². The van der Waals surface area contributed by atoms with E-state index < -0.39 is 77.5 Å². The van der Waals surface area contributed by atoms with Gasteiger partial charge in [0, 0.05) is 91.1 Å². The maximum atomic E-state index is 14.5. The van der Waals surface area contributed by atoms with E-state index in [1.807, 2.05) is 12.1 Å². The number of carbonyl (C=O) groups is 9. The van der Waals surface area contributed by atoms with E-state index in [9.17, 15) is 63.6 Å². The van der Waals surface area contributed by atoms with Gasteiger partial charge in [-0.2, -0.15) is 0 Å². The summed E-state index contributed by atoms with van der Waals surface area (Å²) in [4.78, 5) is 125. The zero-order valence-electron chi connectivity index (χ0n) is 42.0. The van der Waals surface area contributed by atoms with Crippen molar-refractivity contribution < 1.29 is 63.6 Å². The van der Waals surface area contributed by atoms with Gasteiger partial charge in [-0.15, -0.1) is 0 Å². The summed E-state index contributed by atoms with van der Waals surface area (Å²) < 4.78 is 0. The molecule has 23 nitrogen and oxygen atoms in total. The number of aromatic hydroxyl groups is 1. The highest BCUT2D eigenvalue weighted by atomic mass is 16.4. The van der Waals surface area contributed by atoms with Crippen LogP contribution in [0.1, 0.15) is 42.4 Å². The maximum Gasteiger partial charge on any atom is 0.317 e. The number of nitrogens with one attached hydrogen (secondary N) is 4. The van der Waals surface area contributed by atoms with Crippen LogP contribution in [0, 0.1) is 0 Å². The van der Waals surface area contributed by atoms with Crippen molar-refractivity contribution in [3.63, 3.8) is 0 Å². The first kappa shape index (κ1) is 58.4. The summed E-state index contributed by atoms with van der Waals surface area (Å²) in [6.07, 6.45) is 0.972. The number of carboxylic acid groups (broad SMARTS) is 3. The van der Waals surface area contributed by atoms with E-state index in [4.69, 9.17) is 5.73 Å². The third kappa shape index (κ3) is 20.8. The van der Waals surface area contributed by atoms with E-state index >= 15 is 0 Å². The van der Waals surface area contributed by atoms with E-state index in [0.29, 0.717) is 12.0 Å². The van der Waals surface area contributed by atoms with Crippen molar-refractivity contribution in [2.24, 2.45) is 5.73 Å². The fourth-order valence-corrected chi connectivity index (χ4v) is 9.03. The molecule has 0 spiro atoms. The molecule has 6 amide bonds. The number of benzene rings is 3. The van der Waals surface area contributed by atoms with Gasteiger partial charge in [0.25, 0.3) is 0 Å². The molecule has 2 saturated heterocycles. The lowest BCUT2D eigenvalue weighted by atomic mass is 10.0. The molecule has 2 fully saturated rings. The molecule has 3 aromatic rings. The van der Waals surface area contributed by atoms with E-state index in [1.54, 1.807) is 80.3 Å². The molecule has 2 heterocycles. The minimum absolute atomic E-state index is 0.00483. The molecule has 0 unspecified atom stereocenters. The van der Waals surface area contributed by atoms with Crippen molar-refractivity contribution in [2.45, 2.75) is 69.1 Å². The first-order valence-corrected chi connectivity index (χ1v) is 25.1. The molecule has 0 aliphatic carbocycles. The topological polar surface area (TPSA) is 325 Å². The number of primary amides is 1. The molecule has 75 heavy (non-hydrogen) atoms. The van der Waals surface area contributed by atoms with Gasteiger partial charge in [0.2, 0.25) is 35.4 Å². The highest BCUT2D eigenvalue weighted by molar-refractivity contribution is 5.96. The zero-order valence-corrected chi connectivity index (χ0v) is 42.0. The molecule has 406 valence electrons. The SMILES string of the molecule is NC(=O)[C@H](Cc1ccccc1)NC(=O)[C@H](Cc1ccccc1)NC(=O)[C@@H]1CCCN1C(=O)[C@H](Cc1ccc(O)cc1)NC(=O)CCCNC(=O)CN1CCN(CC(=O)O)CCN(CC(=O)O)CCN(CC(=O)O)CC1. The van der Waals surface area contributed by atoms with Crippen LogP contribution in [0.2, 0.25) is 0 Å². The Kier molecular flexibility index (Phi) is 23.4. The van der Waals surface area contributed by atoms with Gasteiger partial charge in [0.1, 0.15) is 29.9 Å². The van der Waals surface area contributed by atoms with Gasteiger partial charge in [0.05, 0.1) is 26.2 Å². The summed E-state index contributed by atoms with van der Waals surface area (Å²) in [6, 6.07) is 19.7. The number of nitrogens with zero attached hydrogens (tertiary/aromatic N) is 5. The van der Waals surface area contributed by atoms with Gasteiger partial charge in [-0.25, -0.2) is 0 Å². The third-order valence-corrected chi connectivity index (χ3v) is 13.0. The molecule has 4 atom stereocenters. The van der Waals surface area contributed by atoms with Crippen LogP contribution in [-0.4, -0.2) is 214 Å². The molecule has 10 N–H and O–H groups in total. The van der Waals surface area contributed by atoms with Crippen LogP contribution in [0.5, 0.6) is 5.75 Å². The van der Waals surface area contributed by atoms with Gasteiger partial charge in [-0.05, 0) is 48.1 Å². The Morgan fingerprint density at radius 2 is 0.987 bits per heavy atom. The second-order valence-electron chi connectivity index (χ2n) is 18.8. The minimum atomic E-state index is -1.16. The van der Waals surface area contributed by atoms with Crippen molar-refractivity contribution in [2.75, 3.05) is 91.6 Å². The molecule has 0 aromatic heterocycles. The Morgan fingerprint density at radius 1 is 0.533 bits per heavy atom.